The molecular weight excluding hydrogens is 296 g/mol. The zero-order valence-corrected chi connectivity index (χ0v) is 14.8. The smallest absolute Gasteiger partial charge is 0.161 e. The minimum Gasteiger partial charge on any atom is -0.493 e. The van der Waals surface area contributed by atoms with E-state index in [4.69, 9.17) is 14.2 Å². The first kappa shape index (κ1) is 19.7. The number of methoxy groups -OCH3 is 2. The molecule has 0 aliphatic heterocycles. The lowest BCUT2D eigenvalue weighted by molar-refractivity contribution is -0.860. The van der Waals surface area contributed by atoms with E-state index in [1.54, 1.807) is 14.2 Å². The summed E-state index contributed by atoms with van der Waals surface area (Å²) in [7, 11) is 7.52. The lowest BCUT2D eigenvalue weighted by atomic mass is 10.2. The summed E-state index contributed by atoms with van der Waals surface area (Å²) >= 11 is 0. The number of quaternary nitrogens is 2. The van der Waals surface area contributed by atoms with Gasteiger partial charge < -0.3 is 29.5 Å². The number of nitrogens with two attached hydrogens (primary N) is 1. The molecule has 0 aliphatic rings. The highest BCUT2D eigenvalue weighted by Crippen LogP contribution is 2.27. The molecule has 23 heavy (non-hydrogen) atoms. The summed E-state index contributed by atoms with van der Waals surface area (Å²) < 4.78 is 16.0. The number of hydrogen-bond acceptors (Lipinski definition) is 4. The van der Waals surface area contributed by atoms with Crippen molar-refractivity contribution < 1.29 is 29.5 Å². The van der Waals surface area contributed by atoms with Crippen LogP contribution in [0.2, 0.25) is 0 Å². The van der Waals surface area contributed by atoms with Crippen molar-refractivity contribution in [3.05, 3.63) is 23.8 Å². The summed E-state index contributed by atoms with van der Waals surface area (Å²) in [6.45, 7) is 3.65. The van der Waals surface area contributed by atoms with Crippen LogP contribution in [-0.2, 0) is 11.3 Å². The number of nitrogens with one attached hydrogen (secondary N) is 1. The van der Waals surface area contributed by atoms with Crippen LogP contribution >= 0.6 is 0 Å². The third-order valence-electron chi connectivity index (χ3n) is 3.55. The summed E-state index contributed by atoms with van der Waals surface area (Å²) in [6, 6.07) is 5.68. The van der Waals surface area contributed by atoms with Crippen molar-refractivity contribution in [2.24, 2.45) is 0 Å². The maximum atomic E-state index is 9.91. The Morgan fingerprint density at radius 3 is 2.57 bits per heavy atom. The molecule has 0 amide bonds. The first-order valence-corrected chi connectivity index (χ1v) is 8.14. The van der Waals surface area contributed by atoms with Gasteiger partial charge in [0.15, 0.2) is 11.5 Å². The first-order valence-electron chi connectivity index (χ1n) is 8.14. The molecule has 1 rings (SSSR count). The van der Waals surface area contributed by atoms with Gasteiger partial charge in [-0.1, -0.05) is 6.07 Å². The van der Waals surface area contributed by atoms with Gasteiger partial charge in [-0.2, -0.15) is 0 Å². The molecule has 0 unspecified atom stereocenters. The summed E-state index contributed by atoms with van der Waals surface area (Å²) in [6.07, 6.45) is 0.712. The van der Waals surface area contributed by atoms with Gasteiger partial charge >= 0.3 is 0 Å². The van der Waals surface area contributed by atoms with Crippen LogP contribution in [0.25, 0.3) is 0 Å². The van der Waals surface area contributed by atoms with Gasteiger partial charge in [-0.3, -0.25) is 0 Å². The highest BCUT2D eigenvalue weighted by molar-refractivity contribution is 5.42. The maximum Gasteiger partial charge on any atom is 0.161 e. The van der Waals surface area contributed by atoms with E-state index in [0.717, 1.165) is 25.1 Å². The lowest BCUT2D eigenvalue weighted by Crippen LogP contribution is -3.06. The Bertz CT molecular complexity index is 441. The Kier molecular flexibility index (Phi) is 9.63. The van der Waals surface area contributed by atoms with Crippen molar-refractivity contribution in [1.82, 2.24) is 0 Å². The predicted octanol–water partition coefficient (Wildman–Crippen LogP) is -1.32. The van der Waals surface area contributed by atoms with E-state index >= 15 is 0 Å². The van der Waals surface area contributed by atoms with Crippen molar-refractivity contribution >= 4 is 0 Å². The van der Waals surface area contributed by atoms with Gasteiger partial charge in [-0.25, -0.2) is 0 Å². The fourth-order valence-corrected chi connectivity index (χ4v) is 2.26. The zero-order valence-electron chi connectivity index (χ0n) is 14.8. The highest BCUT2D eigenvalue weighted by atomic mass is 16.5. The number of aliphatic hydroxyl groups excluding tert-OH is 1. The van der Waals surface area contributed by atoms with Crippen LogP contribution in [0.1, 0.15) is 12.0 Å². The Hall–Kier alpha value is -1.34. The number of aliphatic hydroxyl groups is 1. The molecule has 0 saturated heterocycles. The number of hydrogen-bond donors (Lipinski definition) is 3. The van der Waals surface area contributed by atoms with E-state index in [1.165, 1.54) is 4.90 Å². The molecule has 1 atom stereocenters. The molecule has 132 valence electrons. The highest BCUT2D eigenvalue weighted by Gasteiger charge is 2.08. The molecular formula is C17H32N2O4+2. The van der Waals surface area contributed by atoms with Crippen molar-refractivity contribution in [3.8, 4) is 11.5 Å². The summed E-state index contributed by atoms with van der Waals surface area (Å²) in [5.74, 6) is 1.39. The van der Waals surface area contributed by atoms with Gasteiger partial charge in [0.25, 0.3) is 0 Å². The third kappa shape index (κ3) is 8.18. The second-order valence-electron chi connectivity index (χ2n) is 5.98. The second-order valence-corrected chi connectivity index (χ2v) is 5.98. The zero-order chi connectivity index (χ0) is 17.1. The van der Waals surface area contributed by atoms with Crippen LogP contribution in [0.4, 0.5) is 0 Å². The SMILES string of the molecule is COc1ccc(COC[C@@H](O)C[NH2+]CCC[NH+](C)C)cc1OC. The Morgan fingerprint density at radius 1 is 1.17 bits per heavy atom. The molecule has 6 heteroatoms. The van der Waals surface area contributed by atoms with Crippen LogP contribution in [0.5, 0.6) is 11.5 Å². The third-order valence-corrected chi connectivity index (χ3v) is 3.55. The van der Waals surface area contributed by atoms with Crippen LogP contribution in [0.15, 0.2) is 18.2 Å². The molecule has 0 fully saturated rings. The van der Waals surface area contributed by atoms with Crippen molar-refractivity contribution in [2.45, 2.75) is 19.1 Å². The summed E-state index contributed by atoms with van der Waals surface area (Å²) in [4.78, 5) is 1.46. The van der Waals surface area contributed by atoms with Crippen LogP contribution in [-0.4, -0.2) is 65.8 Å². The molecule has 1 aromatic carbocycles. The Balaban J connectivity index is 2.20. The van der Waals surface area contributed by atoms with Gasteiger partial charge in [0.1, 0.15) is 12.6 Å². The standard InChI is InChI=1S/C17H30N2O4/c1-19(2)9-5-8-18-11-15(20)13-23-12-14-6-7-16(21-3)17(10-14)22-4/h6-7,10,15,18,20H,5,8-9,11-13H2,1-4H3/p+2/t15-/m0/s1. The van der Waals surface area contributed by atoms with E-state index in [0.29, 0.717) is 31.3 Å². The number of rotatable bonds is 12. The Morgan fingerprint density at radius 2 is 1.91 bits per heavy atom. The minimum absolute atomic E-state index is 0.337. The summed E-state index contributed by atoms with van der Waals surface area (Å²) in [5, 5.41) is 12.1. The van der Waals surface area contributed by atoms with E-state index < -0.39 is 6.10 Å². The van der Waals surface area contributed by atoms with E-state index in [2.05, 4.69) is 19.4 Å². The molecule has 0 spiro atoms. The van der Waals surface area contributed by atoms with Gasteiger partial charge in [-0.05, 0) is 17.7 Å². The van der Waals surface area contributed by atoms with E-state index in [1.807, 2.05) is 18.2 Å². The van der Waals surface area contributed by atoms with Gasteiger partial charge in [0.2, 0.25) is 0 Å². The predicted molar refractivity (Wildman–Crippen MR) is 89.2 cm³/mol. The molecule has 0 bridgehead atoms. The van der Waals surface area contributed by atoms with Gasteiger partial charge in [0.05, 0.1) is 54.6 Å². The minimum atomic E-state index is -0.443. The Labute approximate surface area is 139 Å². The maximum absolute atomic E-state index is 9.91. The normalized spacial score (nSPS) is 12.4. The molecule has 0 aromatic heterocycles. The first-order chi connectivity index (χ1) is 11.1. The molecule has 0 saturated carbocycles. The molecule has 0 radical (unpaired) electrons. The topological polar surface area (TPSA) is 69.0 Å². The fraction of sp³-hybridized carbons (Fsp3) is 0.647. The van der Waals surface area contributed by atoms with E-state index in [-0.39, 0.29) is 0 Å². The van der Waals surface area contributed by atoms with Crippen LogP contribution < -0.4 is 19.7 Å². The fourth-order valence-electron chi connectivity index (χ4n) is 2.26. The quantitative estimate of drug-likeness (QED) is 0.416. The van der Waals surface area contributed by atoms with Crippen molar-refractivity contribution in [3.63, 3.8) is 0 Å². The summed E-state index contributed by atoms with van der Waals surface area (Å²) in [5.41, 5.74) is 0.993. The monoisotopic (exact) mass is 328 g/mol. The van der Waals surface area contributed by atoms with Crippen molar-refractivity contribution in [1.29, 1.82) is 0 Å². The molecule has 4 N–H and O–H groups in total. The average molecular weight is 328 g/mol. The van der Waals surface area contributed by atoms with Crippen LogP contribution in [0.3, 0.4) is 0 Å². The van der Waals surface area contributed by atoms with Crippen molar-refractivity contribution in [2.75, 3.05) is 54.6 Å². The lowest BCUT2D eigenvalue weighted by Gasteiger charge is -2.12. The van der Waals surface area contributed by atoms with E-state index in [9.17, 15) is 5.11 Å². The van der Waals surface area contributed by atoms with Gasteiger partial charge in [-0.15, -0.1) is 0 Å². The van der Waals surface area contributed by atoms with Crippen LogP contribution in [0, 0.1) is 0 Å². The molecule has 0 aliphatic carbocycles. The van der Waals surface area contributed by atoms with Gasteiger partial charge in [0, 0.05) is 6.42 Å². The molecule has 6 nitrogen and oxygen atoms in total. The molecule has 0 heterocycles. The second kappa shape index (κ2) is 11.2. The number of ether oxygens (including phenoxy) is 3. The molecule has 1 aromatic rings. The largest absolute Gasteiger partial charge is 0.493 e. The number of benzene rings is 1. The average Bonchev–Trinajstić information content (AvgIpc) is 2.54.